The summed E-state index contributed by atoms with van der Waals surface area (Å²) in [4.78, 5) is 0. The fourth-order valence-corrected chi connectivity index (χ4v) is 5.06. The molecule has 0 amide bonds. The molecule has 0 unspecified atom stereocenters. The van der Waals surface area contributed by atoms with Gasteiger partial charge in [0.25, 0.3) is 0 Å². The van der Waals surface area contributed by atoms with Crippen molar-refractivity contribution < 1.29 is 15.2 Å². The summed E-state index contributed by atoms with van der Waals surface area (Å²) in [5, 5.41) is 0. The molecule has 0 saturated heterocycles. The van der Waals surface area contributed by atoms with Crippen molar-refractivity contribution in [1.29, 1.82) is 0 Å². The highest BCUT2D eigenvalue weighted by Crippen LogP contribution is 2.26. The highest BCUT2D eigenvalue weighted by molar-refractivity contribution is 6.57. The second kappa shape index (κ2) is 10.4. The van der Waals surface area contributed by atoms with Gasteiger partial charge in [0.2, 0.25) is 0 Å². The van der Waals surface area contributed by atoms with Gasteiger partial charge in [0, 0.05) is 0 Å². The lowest BCUT2D eigenvalue weighted by Gasteiger charge is -2.38. The van der Waals surface area contributed by atoms with Gasteiger partial charge in [-0.2, -0.15) is 0 Å². The van der Waals surface area contributed by atoms with Crippen LogP contribution >= 0.6 is 0 Å². The Kier molecular flexibility index (Phi) is 7.36. The van der Waals surface area contributed by atoms with Crippen LogP contribution < -0.4 is 21.3 Å². The van der Waals surface area contributed by atoms with E-state index >= 15 is 0 Å². The zero-order chi connectivity index (χ0) is 19.8. The first-order valence-corrected chi connectivity index (χ1v) is 11.3. The third kappa shape index (κ3) is 5.79. The summed E-state index contributed by atoms with van der Waals surface area (Å²) >= 11 is -4.13. The van der Waals surface area contributed by atoms with E-state index in [1.807, 2.05) is 121 Å². The van der Waals surface area contributed by atoms with Gasteiger partial charge in [-0.25, -0.2) is 0 Å². The fraction of sp³-hybridized carbons (Fsp3) is 0. The van der Waals surface area contributed by atoms with Gasteiger partial charge in [-0.05, 0) is 48.5 Å². The molecule has 4 rings (SSSR count). The van der Waals surface area contributed by atoms with Crippen LogP contribution in [0.3, 0.4) is 0 Å². The molecular weight excluding hydrogens is 393 g/mol. The molecule has 5 nitrogen and oxygen atoms in total. The Balaban J connectivity index is 0.00000256. The van der Waals surface area contributed by atoms with Gasteiger partial charge < -0.3 is 21.3 Å². The number of rotatable bonds is 8. The lowest BCUT2D eigenvalue weighted by Crippen LogP contribution is -2.60. The van der Waals surface area contributed by atoms with E-state index in [1.165, 1.54) is 0 Å². The maximum atomic E-state index is 6.31. The molecule has 6 heteroatoms. The number of benzene rings is 4. The van der Waals surface area contributed by atoms with Gasteiger partial charge in [0.1, 0.15) is 0 Å². The smallest absolute Gasteiger partial charge is 0.697 e. The molecule has 0 heterocycles. The van der Waals surface area contributed by atoms with Gasteiger partial charge in [-0.15, -0.1) is 0 Å². The highest BCUT2D eigenvalue weighted by Gasteiger charge is 2.63. The highest BCUT2D eigenvalue weighted by atomic mass is 27.3. The summed E-state index contributed by atoms with van der Waals surface area (Å²) in [6.45, 7) is 0. The van der Waals surface area contributed by atoms with Crippen LogP contribution in [0.15, 0.2) is 121 Å². The summed E-state index contributed by atoms with van der Waals surface area (Å²) in [6, 6.07) is 37.7. The SMILES string of the molecule is [NH4+].c1ccc([O][Al-]([O]c2ccccc2)([O]c2ccccc2)[O]c2ccccc2)cc1. The molecule has 0 radical (unpaired) electrons. The number of hydrogen-bond acceptors (Lipinski definition) is 4. The molecule has 0 spiro atoms. The van der Waals surface area contributed by atoms with Crippen LogP contribution in [-0.2, 0) is 0 Å². The van der Waals surface area contributed by atoms with Crippen LogP contribution in [-0.4, -0.2) is 14.4 Å². The van der Waals surface area contributed by atoms with Crippen LogP contribution in [0.5, 0.6) is 23.0 Å². The summed E-state index contributed by atoms with van der Waals surface area (Å²) < 4.78 is 25.3. The van der Waals surface area contributed by atoms with Crippen LogP contribution in [0.4, 0.5) is 0 Å². The average molecular weight is 417 g/mol. The first-order valence-electron chi connectivity index (χ1n) is 9.40. The third-order valence-electron chi connectivity index (χ3n) is 4.09. The Hall–Kier alpha value is -3.43. The van der Waals surface area contributed by atoms with Gasteiger partial charge in [0.05, 0.1) is 23.0 Å². The van der Waals surface area contributed by atoms with E-state index in [1.54, 1.807) is 0 Å². The van der Waals surface area contributed by atoms with Crippen molar-refractivity contribution in [3.8, 4) is 23.0 Å². The van der Waals surface area contributed by atoms with Crippen molar-refractivity contribution in [1.82, 2.24) is 6.15 Å². The molecule has 0 aromatic heterocycles. The Bertz CT molecular complexity index is 831. The van der Waals surface area contributed by atoms with Crippen molar-refractivity contribution in [2.24, 2.45) is 0 Å². The summed E-state index contributed by atoms with van der Waals surface area (Å²) in [5.74, 6) is 2.45. The van der Waals surface area contributed by atoms with E-state index in [0.29, 0.717) is 23.0 Å². The second-order valence-electron chi connectivity index (χ2n) is 6.30. The second-order valence-corrected chi connectivity index (χ2v) is 8.40. The normalized spacial score (nSPS) is 10.4. The van der Waals surface area contributed by atoms with Crippen molar-refractivity contribution in [2.75, 3.05) is 0 Å². The van der Waals surface area contributed by atoms with Crippen molar-refractivity contribution in [3.05, 3.63) is 121 Å². The quantitative estimate of drug-likeness (QED) is 0.351. The first kappa shape index (κ1) is 21.3. The number of quaternary nitrogens is 1. The standard InChI is InChI=1S/4C6H6O.Al.H3N/c4*7-6-4-2-1-3-5-6;;/h4*1-5,7H;;1H3/q;;;;+3;/p-3. The molecule has 152 valence electrons. The fourth-order valence-electron chi connectivity index (χ4n) is 2.81. The number of para-hydroxylation sites is 4. The van der Waals surface area contributed by atoms with E-state index < -0.39 is 14.4 Å². The predicted molar refractivity (Wildman–Crippen MR) is 120 cm³/mol. The molecule has 4 aromatic carbocycles. The zero-order valence-corrected chi connectivity index (χ0v) is 17.9. The van der Waals surface area contributed by atoms with Crippen LogP contribution in [0.2, 0.25) is 0 Å². The van der Waals surface area contributed by atoms with Crippen molar-refractivity contribution in [3.63, 3.8) is 0 Å². The third-order valence-corrected chi connectivity index (χ3v) is 6.34. The molecule has 0 fully saturated rings. The minimum absolute atomic E-state index is 0. The molecule has 4 aromatic rings. The minimum Gasteiger partial charge on any atom is -0.697 e. The van der Waals surface area contributed by atoms with E-state index in [0.717, 1.165) is 0 Å². The van der Waals surface area contributed by atoms with Gasteiger partial charge in [-0.3, -0.25) is 0 Å². The van der Waals surface area contributed by atoms with Crippen LogP contribution in [0.25, 0.3) is 0 Å². The maximum Gasteiger partial charge on any atom is 1.21 e. The molecule has 30 heavy (non-hydrogen) atoms. The Morgan fingerprint density at radius 3 is 0.733 bits per heavy atom. The Morgan fingerprint density at radius 1 is 0.333 bits per heavy atom. The molecule has 0 aliphatic heterocycles. The maximum absolute atomic E-state index is 6.31. The van der Waals surface area contributed by atoms with E-state index in [2.05, 4.69) is 0 Å². The average Bonchev–Trinajstić information content (AvgIpc) is 2.76. The van der Waals surface area contributed by atoms with Gasteiger partial charge in [-0.1, -0.05) is 72.8 Å². The number of hydrogen-bond donors (Lipinski definition) is 1. The van der Waals surface area contributed by atoms with E-state index in [-0.39, 0.29) is 6.15 Å². The lowest BCUT2D eigenvalue weighted by molar-refractivity contribution is 0.161. The summed E-state index contributed by atoms with van der Waals surface area (Å²) in [7, 11) is 0. The first-order chi connectivity index (χ1) is 14.3. The predicted octanol–water partition coefficient (Wildman–Crippen LogP) is 6.11. The summed E-state index contributed by atoms with van der Waals surface area (Å²) in [6.07, 6.45) is 0. The minimum atomic E-state index is -4.13. The van der Waals surface area contributed by atoms with Crippen LogP contribution in [0.1, 0.15) is 0 Å². The molecule has 0 atom stereocenters. The Labute approximate surface area is 180 Å². The largest absolute Gasteiger partial charge is 1.21 e. The van der Waals surface area contributed by atoms with Gasteiger partial charge >= 0.3 is 14.4 Å². The Morgan fingerprint density at radius 2 is 0.533 bits per heavy atom. The molecular formula is C24H24AlNO4. The monoisotopic (exact) mass is 417 g/mol. The van der Waals surface area contributed by atoms with E-state index in [4.69, 9.17) is 15.2 Å². The van der Waals surface area contributed by atoms with Gasteiger partial charge in [0.15, 0.2) is 0 Å². The zero-order valence-electron chi connectivity index (χ0n) is 16.8. The summed E-state index contributed by atoms with van der Waals surface area (Å²) in [5.41, 5.74) is 0. The molecule has 0 aliphatic carbocycles. The van der Waals surface area contributed by atoms with E-state index in [9.17, 15) is 0 Å². The topological polar surface area (TPSA) is 73.4 Å². The van der Waals surface area contributed by atoms with Crippen molar-refractivity contribution in [2.45, 2.75) is 0 Å². The molecule has 0 saturated carbocycles. The molecule has 0 bridgehead atoms. The van der Waals surface area contributed by atoms with Crippen molar-refractivity contribution >= 4 is 14.4 Å². The molecule has 0 aliphatic rings. The molecule has 4 N–H and O–H groups in total. The lowest BCUT2D eigenvalue weighted by atomic mass is 10.3. The van der Waals surface area contributed by atoms with Crippen LogP contribution in [0, 0.1) is 0 Å².